The van der Waals surface area contributed by atoms with Crippen molar-refractivity contribution in [3.63, 3.8) is 0 Å². The Balaban J connectivity index is 2.23. The van der Waals surface area contributed by atoms with Crippen LogP contribution < -0.4 is 4.57 Å². The summed E-state index contributed by atoms with van der Waals surface area (Å²) in [4.78, 5) is 0. The average Bonchev–Trinajstić information content (AvgIpc) is 3.50. The molecule has 2 heteroatoms. The minimum absolute atomic E-state index is 1.23. The quantitative estimate of drug-likeness (QED) is 0.0479. The molecule has 0 amide bonds. The van der Waals surface area contributed by atoms with Gasteiger partial charge in [-0.2, -0.15) is 0 Å². The van der Waals surface area contributed by atoms with Crippen molar-refractivity contribution < 1.29 is 4.57 Å². The molecule has 0 aliphatic heterocycles. The topological polar surface area (TPSA) is 8.81 Å². The molecule has 0 fully saturated rings. The second kappa shape index (κ2) is 38.4. The van der Waals surface area contributed by atoms with Crippen LogP contribution in [0.15, 0.2) is 12.4 Å². The Kier molecular flexibility index (Phi) is 36.3. The van der Waals surface area contributed by atoms with E-state index in [9.17, 15) is 0 Å². The van der Waals surface area contributed by atoms with Gasteiger partial charge >= 0.3 is 0 Å². The van der Waals surface area contributed by atoms with Crippen molar-refractivity contribution in [2.45, 2.75) is 284 Å². The van der Waals surface area contributed by atoms with Crippen LogP contribution in [0.3, 0.4) is 0 Å². The summed E-state index contributed by atoms with van der Waals surface area (Å²) in [5.74, 6) is 1.63. The number of unbranched alkanes of at least 4 members (excludes halogenated alkanes) is 35. The van der Waals surface area contributed by atoms with E-state index in [1.165, 1.54) is 264 Å². The van der Waals surface area contributed by atoms with Gasteiger partial charge in [-0.05, 0) is 32.1 Å². The summed E-state index contributed by atoms with van der Waals surface area (Å²) < 4.78 is 5.29. The third-order valence-electron chi connectivity index (χ3n) is 11.3. The Morgan fingerprint density at radius 3 is 0.980 bits per heavy atom. The summed E-state index contributed by atoms with van der Waals surface area (Å²) in [6.45, 7) is 9.41. The molecule has 0 aliphatic rings. The Labute approximate surface area is 310 Å². The molecule has 0 unspecified atom stereocenters. The van der Waals surface area contributed by atoms with Crippen molar-refractivity contribution in [2.75, 3.05) is 0 Å². The Bertz CT molecular complexity index is 751. The highest BCUT2D eigenvalue weighted by Crippen LogP contribution is 2.16. The molecular weight excluding hydrogens is 593 g/mol. The van der Waals surface area contributed by atoms with Gasteiger partial charge in [0.25, 0.3) is 5.82 Å². The van der Waals surface area contributed by atoms with E-state index in [0.29, 0.717) is 0 Å². The second-order valence-corrected chi connectivity index (χ2v) is 16.2. The zero-order valence-electron chi connectivity index (χ0n) is 34.5. The third-order valence-corrected chi connectivity index (χ3v) is 11.3. The molecule has 0 saturated heterocycles. The van der Waals surface area contributed by atoms with E-state index in [1.807, 2.05) is 0 Å². The van der Waals surface area contributed by atoms with E-state index in [0.717, 1.165) is 0 Å². The van der Waals surface area contributed by atoms with Crippen molar-refractivity contribution in [1.29, 1.82) is 0 Å². The van der Waals surface area contributed by atoms with Gasteiger partial charge in [0.2, 0.25) is 0 Å². The average molecular weight is 686 g/mol. The summed E-state index contributed by atoms with van der Waals surface area (Å²) in [7, 11) is 0. The molecule has 0 radical (unpaired) electrons. The number of aryl methyl sites for hydroxylation is 2. The van der Waals surface area contributed by atoms with Crippen molar-refractivity contribution in [1.82, 2.24) is 4.57 Å². The largest absolute Gasteiger partial charge is 0.256 e. The van der Waals surface area contributed by atoms with E-state index in [2.05, 4.69) is 42.3 Å². The van der Waals surface area contributed by atoms with Crippen LogP contribution >= 0.6 is 0 Å². The highest BCUT2D eigenvalue weighted by Gasteiger charge is 2.16. The highest BCUT2D eigenvalue weighted by molar-refractivity contribution is 4.84. The first-order chi connectivity index (χ1) is 24.3. The maximum Gasteiger partial charge on any atom is 0.256 e. The van der Waals surface area contributed by atoms with Crippen molar-refractivity contribution >= 4 is 0 Å². The fourth-order valence-corrected chi connectivity index (χ4v) is 7.92. The van der Waals surface area contributed by atoms with Crippen LogP contribution in [0.1, 0.15) is 271 Å². The zero-order valence-corrected chi connectivity index (χ0v) is 34.5. The van der Waals surface area contributed by atoms with Gasteiger partial charge in [0.1, 0.15) is 12.4 Å². The summed E-state index contributed by atoms with van der Waals surface area (Å²) >= 11 is 0. The third kappa shape index (κ3) is 30.5. The van der Waals surface area contributed by atoms with Gasteiger partial charge in [0.05, 0.1) is 13.1 Å². The van der Waals surface area contributed by atoms with E-state index in [-0.39, 0.29) is 0 Å². The molecule has 1 heterocycles. The summed E-state index contributed by atoms with van der Waals surface area (Å²) in [6, 6.07) is 0. The van der Waals surface area contributed by atoms with E-state index in [4.69, 9.17) is 0 Å². The number of rotatable bonds is 41. The molecule has 1 rings (SSSR count). The van der Waals surface area contributed by atoms with Gasteiger partial charge in [-0.3, -0.25) is 0 Å². The monoisotopic (exact) mass is 686 g/mol. The van der Waals surface area contributed by atoms with Crippen LogP contribution in [0.25, 0.3) is 0 Å². The molecule has 1 aromatic rings. The molecule has 49 heavy (non-hydrogen) atoms. The lowest BCUT2D eigenvalue weighted by Gasteiger charge is -2.07. The Morgan fingerprint density at radius 2 is 0.633 bits per heavy atom. The lowest BCUT2D eigenvalue weighted by Crippen LogP contribution is -2.37. The van der Waals surface area contributed by atoms with Crippen LogP contribution in [0.5, 0.6) is 0 Å². The number of aromatic nitrogens is 2. The highest BCUT2D eigenvalue weighted by atomic mass is 15.1. The fourth-order valence-electron chi connectivity index (χ4n) is 7.92. The summed E-state index contributed by atoms with van der Waals surface area (Å²) in [6.07, 6.45) is 60.8. The maximum absolute atomic E-state index is 2.65. The minimum Gasteiger partial charge on any atom is -0.234 e. The lowest BCUT2D eigenvalue weighted by molar-refractivity contribution is -0.704. The molecular formula is C47H93N2+. The molecule has 0 aromatic carbocycles. The normalized spacial score (nSPS) is 11.7. The fraction of sp³-hybridized carbons (Fsp3) is 0.936. The maximum atomic E-state index is 2.65. The predicted molar refractivity (Wildman–Crippen MR) is 221 cm³/mol. The molecule has 290 valence electrons. The van der Waals surface area contributed by atoms with Crippen LogP contribution in [0.4, 0.5) is 0 Å². The first kappa shape index (κ1) is 46.2. The molecule has 0 saturated carbocycles. The van der Waals surface area contributed by atoms with Gasteiger partial charge in [0.15, 0.2) is 0 Å². The number of hydrogen-bond donors (Lipinski definition) is 0. The summed E-state index contributed by atoms with van der Waals surface area (Å²) in [5, 5.41) is 0. The van der Waals surface area contributed by atoms with Crippen LogP contribution in [0.2, 0.25) is 0 Å². The van der Waals surface area contributed by atoms with Crippen LogP contribution in [-0.4, -0.2) is 4.57 Å². The van der Waals surface area contributed by atoms with Gasteiger partial charge in [-0.15, -0.1) is 0 Å². The standard InChI is InChI=1S/C47H93N2/c1-4-7-10-13-16-19-21-23-25-27-29-31-33-36-39-42-47-48(43-40-37-34-18-15-12-9-6-3)45-46-49(47)44-41-38-35-32-30-28-26-24-22-20-17-14-11-8-5-2/h45-46H,4-44H2,1-3H3/q+1. The number of imidazole rings is 1. The SMILES string of the molecule is CCCCCCCCCCCCCCCCCc1n(CCCCCCCCCC)cc[n+]1CCCCCCCCCCCCCCCCC. The Morgan fingerprint density at radius 1 is 0.347 bits per heavy atom. The molecule has 2 nitrogen and oxygen atoms in total. The van der Waals surface area contributed by atoms with Gasteiger partial charge in [-0.25, -0.2) is 9.13 Å². The van der Waals surface area contributed by atoms with Gasteiger partial charge in [0, 0.05) is 6.42 Å². The lowest BCUT2D eigenvalue weighted by atomic mass is 10.0. The second-order valence-electron chi connectivity index (χ2n) is 16.2. The van der Waals surface area contributed by atoms with Crippen LogP contribution in [-0.2, 0) is 19.5 Å². The molecule has 0 N–H and O–H groups in total. The van der Waals surface area contributed by atoms with Crippen molar-refractivity contribution in [3.05, 3.63) is 18.2 Å². The molecule has 0 atom stereocenters. The smallest absolute Gasteiger partial charge is 0.234 e. The first-order valence-corrected chi connectivity index (χ1v) is 23.4. The summed E-state index contributed by atoms with van der Waals surface area (Å²) in [5.41, 5.74) is 0. The van der Waals surface area contributed by atoms with Gasteiger partial charge in [-0.1, -0.05) is 233 Å². The molecule has 0 spiro atoms. The van der Waals surface area contributed by atoms with Gasteiger partial charge < -0.3 is 0 Å². The first-order valence-electron chi connectivity index (χ1n) is 23.4. The number of nitrogens with zero attached hydrogens (tertiary/aromatic N) is 2. The van der Waals surface area contributed by atoms with Crippen LogP contribution in [0, 0.1) is 0 Å². The minimum atomic E-state index is 1.23. The van der Waals surface area contributed by atoms with E-state index in [1.54, 1.807) is 5.82 Å². The molecule has 1 aromatic heterocycles. The molecule has 0 aliphatic carbocycles. The number of hydrogen-bond acceptors (Lipinski definition) is 0. The van der Waals surface area contributed by atoms with Crippen molar-refractivity contribution in [2.24, 2.45) is 0 Å². The zero-order chi connectivity index (χ0) is 35.1. The predicted octanol–water partition coefficient (Wildman–Crippen LogP) is 16.2. The Hall–Kier alpha value is -0.790. The van der Waals surface area contributed by atoms with E-state index >= 15 is 0 Å². The van der Waals surface area contributed by atoms with E-state index < -0.39 is 0 Å². The van der Waals surface area contributed by atoms with Crippen molar-refractivity contribution in [3.8, 4) is 0 Å². The molecule has 0 bridgehead atoms.